The molecule has 0 N–H and O–H groups in total. The van der Waals surface area contributed by atoms with E-state index in [9.17, 15) is 18.4 Å². The monoisotopic (exact) mass is 362 g/mol. The summed E-state index contributed by atoms with van der Waals surface area (Å²) >= 11 is 0. The van der Waals surface area contributed by atoms with Gasteiger partial charge in [-0.3, -0.25) is 9.59 Å². The van der Waals surface area contributed by atoms with Gasteiger partial charge < -0.3 is 9.47 Å². The van der Waals surface area contributed by atoms with Gasteiger partial charge in [0.2, 0.25) is 0 Å². The molecule has 0 atom stereocenters. The lowest BCUT2D eigenvalue weighted by Crippen LogP contribution is -2.34. The Balaban J connectivity index is 2.61. The van der Waals surface area contributed by atoms with Crippen molar-refractivity contribution in [2.75, 3.05) is 13.2 Å². The molecule has 4 nitrogen and oxygen atoms in total. The first-order valence-corrected chi connectivity index (χ1v) is 8.32. The fourth-order valence-electron chi connectivity index (χ4n) is 2.81. The van der Waals surface area contributed by atoms with Gasteiger partial charge in [0.05, 0.1) is 13.2 Å². The van der Waals surface area contributed by atoms with Crippen LogP contribution in [-0.2, 0) is 19.1 Å². The number of hydrogen-bond donors (Lipinski definition) is 0. The summed E-state index contributed by atoms with van der Waals surface area (Å²) < 4.78 is 37.6. The van der Waals surface area contributed by atoms with Crippen LogP contribution in [0.2, 0.25) is 0 Å². The largest absolute Gasteiger partial charge is 0.465 e. The maximum atomic E-state index is 13.8. The van der Waals surface area contributed by atoms with E-state index < -0.39 is 35.4 Å². The van der Waals surface area contributed by atoms with Crippen molar-refractivity contribution >= 4 is 11.9 Å². The van der Waals surface area contributed by atoms with Crippen LogP contribution in [0, 0.1) is 17.6 Å². The molecule has 6 heteroatoms. The number of rotatable bonds is 7. The Morgan fingerprint density at radius 3 is 1.62 bits per heavy atom. The second-order valence-corrected chi connectivity index (χ2v) is 5.57. The Bertz CT molecular complexity index is 712. The van der Waals surface area contributed by atoms with Crippen molar-refractivity contribution < 1.29 is 27.8 Å². The molecule has 2 aromatic carbocycles. The third-order valence-corrected chi connectivity index (χ3v) is 3.83. The number of benzene rings is 2. The minimum absolute atomic E-state index is 0.0633. The lowest BCUT2D eigenvalue weighted by Gasteiger charge is -2.25. The van der Waals surface area contributed by atoms with E-state index in [1.165, 1.54) is 36.4 Å². The summed E-state index contributed by atoms with van der Waals surface area (Å²) in [6.07, 6.45) is 0. The molecule has 0 aliphatic heterocycles. The summed E-state index contributed by atoms with van der Waals surface area (Å²) in [6, 6.07) is 11.0. The van der Waals surface area contributed by atoms with Gasteiger partial charge in [0, 0.05) is 5.92 Å². The van der Waals surface area contributed by atoms with Crippen LogP contribution in [0.4, 0.5) is 8.78 Å². The van der Waals surface area contributed by atoms with E-state index in [1.807, 2.05) is 0 Å². The third kappa shape index (κ3) is 4.65. The first-order chi connectivity index (χ1) is 12.5. The van der Waals surface area contributed by atoms with E-state index in [2.05, 4.69) is 0 Å². The van der Waals surface area contributed by atoms with Crippen molar-refractivity contribution in [1.82, 2.24) is 0 Å². The molecule has 0 fully saturated rings. The van der Waals surface area contributed by atoms with Crippen LogP contribution >= 0.6 is 0 Å². The molecule has 2 aromatic rings. The summed E-state index contributed by atoms with van der Waals surface area (Å²) in [5.74, 6) is -4.99. The summed E-state index contributed by atoms with van der Waals surface area (Å²) in [5.41, 5.74) is 0.698. The molecular formula is C20H20F2O4. The number of carbonyl (C=O) groups excluding carboxylic acids is 2. The zero-order valence-corrected chi connectivity index (χ0v) is 14.6. The molecule has 2 rings (SSSR count). The van der Waals surface area contributed by atoms with Gasteiger partial charge >= 0.3 is 11.9 Å². The predicted octanol–water partition coefficient (Wildman–Crippen LogP) is 3.84. The highest BCUT2D eigenvalue weighted by Gasteiger charge is 2.39. The van der Waals surface area contributed by atoms with Crippen molar-refractivity contribution in [3.05, 3.63) is 71.3 Å². The third-order valence-electron chi connectivity index (χ3n) is 3.83. The average molecular weight is 362 g/mol. The Morgan fingerprint density at radius 2 is 1.27 bits per heavy atom. The number of ether oxygens (including phenoxy) is 2. The minimum Gasteiger partial charge on any atom is -0.465 e. The van der Waals surface area contributed by atoms with Crippen molar-refractivity contribution in [3.8, 4) is 0 Å². The standard InChI is InChI=1S/C20H20F2O4/c1-3-25-19(23)18(20(24)26-4-2)17(13-7-5-9-15(21)11-13)14-8-6-10-16(22)12-14/h5-12,17-18H,3-4H2,1-2H3. The van der Waals surface area contributed by atoms with Crippen molar-refractivity contribution in [2.45, 2.75) is 19.8 Å². The van der Waals surface area contributed by atoms with Gasteiger partial charge in [-0.2, -0.15) is 0 Å². The zero-order chi connectivity index (χ0) is 19.1. The molecule has 0 amide bonds. The van der Waals surface area contributed by atoms with Gasteiger partial charge in [-0.15, -0.1) is 0 Å². The molecule has 0 unspecified atom stereocenters. The van der Waals surface area contributed by atoms with Crippen LogP contribution in [0.1, 0.15) is 30.9 Å². The van der Waals surface area contributed by atoms with Gasteiger partial charge in [0.25, 0.3) is 0 Å². The highest BCUT2D eigenvalue weighted by atomic mass is 19.1. The van der Waals surface area contributed by atoms with Gasteiger partial charge in [-0.25, -0.2) is 8.78 Å². The van der Waals surface area contributed by atoms with E-state index in [0.29, 0.717) is 11.1 Å². The normalized spacial score (nSPS) is 10.8. The lowest BCUT2D eigenvalue weighted by atomic mass is 9.80. The first kappa shape index (κ1) is 19.6. The van der Waals surface area contributed by atoms with Crippen LogP contribution in [0.25, 0.3) is 0 Å². The van der Waals surface area contributed by atoms with Gasteiger partial charge in [-0.05, 0) is 49.2 Å². The highest BCUT2D eigenvalue weighted by Crippen LogP contribution is 2.34. The summed E-state index contributed by atoms with van der Waals surface area (Å²) in [7, 11) is 0. The van der Waals surface area contributed by atoms with E-state index in [0.717, 1.165) is 0 Å². The van der Waals surface area contributed by atoms with E-state index in [-0.39, 0.29) is 13.2 Å². The van der Waals surface area contributed by atoms with Crippen LogP contribution in [0.15, 0.2) is 48.5 Å². The van der Waals surface area contributed by atoms with Crippen LogP contribution < -0.4 is 0 Å². The molecule has 0 radical (unpaired) electrons. The highest BCUT2D eigenvalue weighted by molar-refractivity contribution is 5.96. The fourth-order valence-corrected chi connectivity index (χ4v) is 2.81. The van der Waals surface area contributed by atoms with E-state index >= 15 is 0 Å². The first-order valence-electron chi connectivity index (χ1n) is 8.32. The van der Waals surface area contributed by atoms with E-state index in [1.54, 1.807) is 26.0 Å². The van der Waals surface area contributed by atoms with Crippen molar-refractivity contribution in [1.29, 1.82) is 0 Å². The molecule has 26 heavy (non-hydrogen) atoms. The minimum atomic E-state index is -1.38. The molecule has 0 saturated heterocycles. The molecule has 0 aromatic heterocycles. The molecular weight excluding hydrogens is 342 g/mol. The van der Waals surface area contributed by atoms with Gasteiger partial charge in [-0.1, -0.05) is 24.3 Å². The van der Waals surface area contributed by atoms with Crippen LogP contribution in [0.3, 0.4) is 0 Å². The summed E-state index contributed by atoms with van der Waals surface area (Å²) in [5, 5.41) is 0. The summed E-state index contributed by atoms with van der Waals surface area (Å²) in [4.78, 5) is 25.0. The Hall–Kier alpha value is -2.76. The SMILES string of the molecule is CCOC(=O)C(C(=O)OCC)C(c1cccc(F)c1)c1cccc(F)c1. The number of hydrogen-bond acceptors (Lipinski definition) is 4. The fraction of sp³-hybridized carbons (Fsp3) is 0.300. The van der Waals surface area contributed by atoms with Gasteiger partial charge in [0.15, 0.2) is 5.92 Å². The van der Waals surface area contributed by atoms with E-state index in [4.69, 9.17) is 9.47 Å². The molecule has 0 saturated carbocycles. The molecule has 138 valence electrons. The number of esters is 2. The van der Waals surface area contributed by atoms with Crippen molar-refractivity contribution in [2.24, 2.45) is 5.92 Å². The molecule has 0 aliphatic carbocycles. The van der Waals surface area contributed by atoms with Crippen LogP contribution in [0.5, 0.6) is 0 Å². The average Bonchev–Trinajstić information content (AvgIpc) is 2.59. The quantitative estimate of drug-likeness (QED) is 0.555. The zero-order valence-electron chi connectivity index (χ0n) is 14.6. The Kier molecular flexibility index (Phi) is 6.83. The summed E-state index contributed by atoms with van der Waals surface area (Å²) in [6.45, 7) is 3.35. The molecule has 0 bridgehead atoms. The second-order valence-electron chi connectivity index (χ2n) is 5.57. The molecule has 0 aliphatic rings. The Labute approximate surface area is 150 Å². The lowest BCUT2D eigenvalue weighted by molar-refractivity contribution is -0.162. The number of carbonyl (C=O) groups is 2. The maximum Gasteiger partial charge on any atom is 0.321 e. The maximum absolute atomic E-state index is 13.8. The van der Waals surface area contributed by atoms with Gasteiger partial charge in [0.1, 0.15) is 11.6 Å². The van der Waals surface area contributed by atoms with Crippen molar-refractivity contribution in [3.63, 3.8) is 0 Å². The molecule has 0 heterocycles. The van der Waals surface area contributed by atoms with Crippen LogP contribution in [-0.4, -0.2) is 25.2 Å². The number of halogens is 2. The predicted molar refractivity (Wildman–Crippen MR) is 91.4 cm³/mol. The smallest absolute Gasteiger partial charge is 0.321 e. The second kappa shape index (κ2) is 9.08. The Morgan fingerprint density at radius 1 is 0.846 bits per heavy atom. The topological polar surface area (TPSA) is 52.6 Å². The molecule has 0 spiro atoms.